The van der Waals surface area contributed by atoms with Gasteiger partial charge in [0.2, 0.25) is 11.8 Å². The number of carbonyl (C=O) groups excluding carboxylic acids is 2. The Kier molecular flexibility index (Phi) is 2.52. The van der Waals surface area contributed by atoms with Crippen molar-refractivity contribution in [3.63, 3.8) is 0 Å². The van der Waals surface area contributed by atoms with Crippen molar-refractivity contribution in [2.75, 3.05) is 20.1 Å². The van der Waals surface area contributed by atoms with Gasteiger partial charge in [-0.2, -0.15) is 0 Å². The van der Waals surface area contributed by atoms with Crippen LogP contribution >= 0.6 is 0 Å². The van der Waals surface area contributed by atoms with Crippen LogP contribution in [0.5, 0.6) is 0 Å². The number of imide groups is 1. The molecule has 2 unspecified atom stereocenters. The quantitative estimate of drug-likeness (QED) is 0.580. The first-order valence-corrected chi connectivity index (χ1v) is 5.31. The molecule has 0 aromatic carbocycles. The molecule has 5 heteroatoms. The van der Waals surface area contributed by atoms with Crippen LogP contribution in [-0.2, 0) is 9.59 Å². The fraction of sp³-hybridized carbons (Fsp3) is 0.800. The molecule has 2 aliphatic heterocycles. The van der Waals surface area contributed by atoms with E-state index in [0.29, 0.717) is 6.42 Å². The van der Waals surface area contributed by atoms with Crippen molar-refractivity contribution in [1.82, 2.24) is 15.5 Å². The molecule has 2 fully saturated rings. The smallest absolute Gasteiger partial charge is 0.246 e. The molecule has 84 valence electrons. The van der Waals surface area contributed by atoms with Crippen LogP contribution in [0.1, 0.15) is 19.8 Å². The van der Waals surface area contributed by atoms with E-state index < -0.39 is 0 Å². The van der Waals surface area contributed by atoms with E-state index in [1.807, 2.05) is 0 Å². The second-order valence-corrected chi connectivity index (χ2v) is 4.68. The standard InChI is InChI=1S/C10H17N3O2/c1-10(3-4-11-6-10)12-7-5-8(14)13(2)9(7)15/h7,11-12H,3-6H2,1-2H3. The summed E-state index contributed by atoms with van der Waals surface area (Å²) < 4.78 is 0. The van der Waals surface area contributed by atoms with E-state index in [2.05, 4.69) is 17.6 Å². The summed E-state index contributed by atoms with van der Waals surface area (Å²) >= 11 is 0. The van der Waals surface area contributed by atoms with E-state index in [1.54, 1.807) is 7.05 Å². The molecule has 2 N–H and O–H groups in total. The van der Waals surface area contributed by atoms with E-state index in [0.717, 1.165) is 19.5 Å². The maximum absolute atomic E-state index is 11.7. The summed E-state index contributed by atoms with van der Waals surface area (Å²) in [6, 6.07) is -0.326. The minimum Gasteiger partial charge on any atom is -0.315 e. The Morgan fingerprint density at radius 3 is 2.73 bits per heavy atom. The molecule has 2 heterocycles. The van der Waals surface area contributed by atoms with Gasteiger partial charge in [0.25, 0.3) is 0 Å². The molecular formula is C10H17N3O2. The molecule has 0 aromatic heterocycles. The zero-order valence-electron chi connectivity index (χ0n) is 9.17. The Bertz CT molecular complexity index is 297. The summed E-state index contributed by atoms with van der Waals surface area (Å²) in [4.78, 5) is 24.2. The normalized spacial score (nSPS) is 36.7. The van der Waals surface area contributed by atoms with Gasteiger partial charge in [0.1, 0.15) is 0 Å². The highest BCUT2D eigenvalue weighted by Gasteiger charge is 2.40. The molecule has 2 aliphatic rings. The summed E-state index contributed by atoms with van der Waals surface area (Å²) in [7, 11) is 1.54. The lowest BCUT2D eigenvalue weighted by Gasteiger charge is -2.27. The van der Waals surface area contributed by atoms with E-state index >= 15 is 0 Å². The fourth-order valence-electron chi connectivity index (χ4n) is 2.23. The number of likely N-dealkylation sites (N-methyl/N-ethyl adjacent to an activating group) is 1. The average molecular weight is 211 g/mol. The third-order valence-corrected chi connectivity index (χ3v) is 3.27. The number of nitrogens with one attached hydrogen (secondary N) is 2. The van der Waals surface area contributed by atoms with Gasteiger partial charge in [0, 0.05) is 19.1 Å². The van der Waals surface area contributed by atoms with Crippen LogP contribution < -0.4 is 10.6 Å². The summed E-state index contributed by atoms with van der Waals surface area (Å²) in [6.45, 7) is 3.91. The second-order valence-electron chi connectivity index (χ2n) is 4.68. The zero-order chi connectivity index (χ0) is 11.1. The highest BCUT2D eigenvalue weighted by Crippen LogP contribution is 2.19. The maximum Gasteiger partial charge on any atom is 0.246 e. The highest BCUT2D eigenvalue weighted by molar-refractivity contribution is 6.05. The predicted octanol–water partition coefficient (Wildman–Crippen LogP) is -0.915. The predicted molar refractivity (Wildman–Crippen MR) is 55.2 cm³/mol. The number of rotatable bonds is 2. The van der Waals surface area contributed by atoms with Gasteiger partial charge in [-0.1, -0.05) is 0 Å². The number of amides is 2. The van der Waals surface area contributed by atoms with Crippen LogP contribution in [0.25, 0.3) is 0 Å². The first-order chi connectivity index (χ1) is 7.02. The summed E-state index contributed by atoms with van der Waals surface area (Å²) in [6.07, 6.45) is 1.29. The van der Waals surface area contributed by atoms with Gasteiger partial charge in [0.15, 0.2) is 0 Å². The van der Waals surface area contributed by atoms with Crippen molar-refractivity contribution < 1.29 is 9.59 Å². The molecule has 15 heavy (non-hydrogen) atoms. The number of hydrogen-bond donors (Lipinski definition) is 2. The van der Waals surface area contributed by atoms with E-state index in [1.165, 1.54) is 4.90 Å². The lowest BCUT2D eigenvalue weighted by molar-refractivity contribution is -0.137. The number of nitrogens with zero attached hydrogens (tertiary/aromatic N) is 1. The Balaban J connectivity index is 2.01. The summed E-state index contributed by atoms with van der Waals surface area (Å²) in [5, 5.41) is 6.54. The van der Waals surface area contributed by atoms with E-state index in [9.17, 15) is 9.59 Å². The minimum atomic E-state index is -0.326. The van der Waals surface area contributed by atoms with Crippen LogP contribution in [0.15, 0.2) is 0 Å². The first-order valence-electron chi connectivity index (χ1n) is 5.31. The lowest BCUT2D eigenvalue weighted by Crippen LogP contribution is -2.52. The topological polar surface area (TPSA) is 61.4 Å². The molecule has 2 atom stereocenters. The van der Waals surface area contributed by atoms with Crippen molar-refractivity contribution in [2.24, 2.45) is 0 Å². The third kappa shape index (κ3) is 1.89. The monoisotopic (exact) mass is 211 g/mol. The first kappa shape index (κ1) is 10.6. The van der Waals surface area contributed by atoms with Gasteiger partial charge in [-0.05, 0) is 19.9 Å². The van der Waals surface area contributed by atoms with Crippen LogP contribution in [0.4, 0.5) is 0 Å². The zero-order valence-corrected chi connectivity index (χ0v) is 9.17. The minimum absolute atomic E-state index is 0.0498. The fourth-order valence-corrected chi connectivity index (χ4v) is 2.23. The Hall–Kier alpha value is -0.940. The molecule has 0 saturated carbocycles. The lowest BCUT2D eigenvalue weighted by atomic mass is 10.00. The number of likely N-dealkylation sites (tertiary alicyclic amines) is 1. The number of hydrogen-bond acceptors (Lipinski definition) is 4. The molecule has 2 rings (SSSR count). The van der Waals surface area contributed by atoms with Crippen molar-refractivity contribution in [3.8, 4) is 0 Å². The van der Waals surface area contributed by atoms with E-state index in [4.69, 9.17) is 0 Å². The Morgan fingerprint density at radius 2 is 2.27 bits per heavy atom. The van der Waals surface area contributed by atoms with Gasteiger partial charge >= 0.3 is 0 Å². The van der Waals surface area contributed by atoms with Gasteiger partial charge in [-0.15, -0.1) is 0 Å². The van der Waals surface area contributed by atoms with Crippen LogP contribution in [0.3, 0.4) is 0 Å². The van der Waals surface area contributed by atoms with Gasteiger partial charge in [-0.25, -0.2) is 0 Å². The molecular weight excluding hydrogens is 194 g/mol. The molecule has 2 amide bonds. The Morgan fingerprint density at radius 1 is 1.53 bits per heavy atom. The maximum atomic E-state index is 11.7. The van der Waals surface area contributed by atoms with Gasteiger partial charge in [0.05, 0.1) is 12.5 Å². The summed E-state index contributed by atoms with van der Waals surface area (Å²) in [5.74, 6) is -0.194. The van der Waals surface area contributed by atoms with Crippen LogP contribution in [0, 0.1) is 0 Å². The Labute approximate surface area is 89.2 Å². The summed E-state index contributed by atoms with van der Waals surface area (Å²) in [5.41, 5.74) is -0.0498. The third-order valence-electron chi connectivity index (χ3n) is 3.27. The van der Waals surface area contributed by atoms with E-state index in [-0.39, 0.29) is 23.4 Å². The van der Waals surface area contributed by atoms with Crippen LogP contribution in [-0.4, -0.2) is 48.4 Å². The molecule has 0 spiro atoms. The van der Waals surface area contributed by atoms with Crippen LogP contribution in [0.2, 0.25) is 0 Å². The van der Waals surface area contributed by atoms with Crippen molar-refractivity contribution in [3.05, 3.63) is 0 Å². The van der Waals surface area contributed by atoms with Crippen molar-refractivity contribution in [2.45, 2.75) is 31.3 Å². The second kappa shape index (κ2) is 3.57. The van der Waals surface area contributed by atoms with Crippen molar-refractivity contribution in [1.29, 1.82) is 0 Å². The molecule has 0 radical (unpaired) electrons. The molecule has 2 saturated heterocycles. The average Bonchev–Trinajstić information content (AvgIpc) is 2.69. The number of carbonyl (C=O) groups is 2. The SMILES string of the molecule is CN1C(=O)CC(NC2(C)CCNC2)C1=O. The largest absolute Gasteiger partial charge is 0.315 e. The highest BCUT2D eigenvalue weighted by atomic mass is 16.2. The molecule has 5 nitrogen and oxygen atoms in total. The molecule has 0 bridgehead atoms. The van der Waals surface area contributed by atoms with Crippen molar-refractivity contribution >= 4 is 11.8 Å². The van der Waals surface area contributed by atoms with Gasteiger partial charge in [-0.3, -0.25) is 19.8 Å². The molecule has 0 aliphatic carbocycles. The molecule has 0 aromatic rings. The van der Waals surface area contributed by atoms with Gasteiger partial charge < -0.3 is 5.32 Å².